The van der Waals surface area contributed by atoms with E-state index in [2.05, 4.69) is 15.5 Å². The molecule has 0 saturated heterocycles. The highest BCUT2D eigenvalue weighted by Crippen LogP contribution is 2.14. The van der Waals surface area contributed by atoms with Crippen molar-refractivity contribution in [2.75, 3.05) is 11.1 Å². The van der Waals surface area contributed by atoms with Gasteiger partial charge in [0.05, 0.1) is 5.56 Å². The number of nitrogens with zero attached hydrogens (tertiary/aromatic N) is 2. The molecule has 0 fully saturated rings. The molecule has 0 atom stereocenters. The Kier molecular flexibility index (Phi) is 2.95. The third-order valence-corrected chi connectivity index (χ3v) is 2.07. The van der Waals surface area contributed by atoms with Crippen molar-refractivity contribution in [3.05, 3.63) is 47.9 Å². The minimum Gasteiger partial charge on any atom is -0.398 e. The van der Waals surface area contributed by atoms with Crippen molar-refractivity contribution in [2.45, 2.75) is 0 Å². The SMILES string of the molecule is Nc1ccc(F)cc1C(=O)Nc1cccnn1. The van der Waals surface area contributed by atoms with Gasteiger partial charge in [-0.3, -0.25) is 4.79 Å². The zero-order valence-corrected chi connectivity index (χ0v) is 8.72. The molecular weight excluding hydrogens is 223 g/mol. The number of benzene rings is 1. The number of amides is 1. The van der Waals surface area contributed by atoms with E-state index in [4.69, 9.17) is 5.73 Å². The zero-order valence-electron chi connectivity index (χ0n) is 8.72. The Labute approximate surface area is 96.5 Å². The van der Waals surface area contributed by atoms with Gasteiger partial charge in [0, 0.05) is 11.9 Å². The summed E-state index contributed by atoms with van der Waals surface area (Å²) in [6.07, 6.45) is 1.48. The smallest absolute Gasteiger partial charge is 0.259 e. The molecular formula is C11H9FN4O. The molecule has 1 heterocycles. The van der Waals surface area contributed by atoms with Gasteiger partial charge in [-0.05, 0) is 30.3 Å². The molecule has 2 aromatic rings. The van der Waals surface area contributed by atoms with Crippen molar-refractivity contribution in [1.82, 2.24) is 10.2 Å². The number of nitrogens with two attached hydrogens (primary N) is 1. The van der Waals surface area contributed by atoms with Crippen LogP contribution in [0.25, 0.3) is 0 Å². The van der Waals surface area contributed by atoms with Crippen LogP contribution in [-0.2, 0) is 0 Å². The fraction of sp³-hybridized carbons (Fsp3) is 0. The van der Waals surface area contributed by atoms with Crippen LogP contribution in [0.3, 0.4) is 0 Å². The summed E-state index contributed by atoms with van der Waals surface area (Å²) in [7, 11) is 0. The van der Waals surface area contributed by atoms with E-state index < -0.39 is 11.7 Å². The maximum Gasteiger partial charge on any atom is 0.259 e. The summed E-state index contributed by atoms with van der Waals surface area (Å²) in [6.45, 7) is 0. The minimum atomic E-state index is -0.525. The Hall–Kier alpha value is -2.50. The number of hydrogen-bond donors (Lipinski definition) is 2. The standard InChI is InChI=1S/C11H9FN4O/c12-7-3-4-9(13)8(6-7)11(17)15-10-2-1-5-14-16-10/h1-6H,13H2,(H,15,16,17). The molecule has 6 heteroatoms. The molecule has 17 heavy (non-hydrogen) atoms. The number of halogens is 1. The van der Waals surface area contributed by atoms with Crippen LogP contribution in [-0.4, -0.2) is 16.1 Å². The van der Waals surface area contributed by atoms with Crippen molar-refractivity contribution >= 4 is 17.4 Å². The van der Waals surface area contributed by atoms with E-state index in [0.29, 0.717) is 0 Å². The molecule has 0 saturated carbocycles. The lowest BCUT2D eigenvalue weighted by Gasteiger charge is -2.06. The average Bonchev–Trinajstić information content (AvgIpc) is 2.33. The molecule has 0 bridgehead atoms. The van der Waals surface area contributed by atoms with Crippen LogP contribution in [0.15, 0.2) is 36.5 Å². The predicted molar refractivity (Wildman–Crippen MR) is 60.8 cm³/mol. The highest BCUT2D eigenvalue weighted by Gasteiger charge is 2.11. The molecule has 2 rings (SSSR count). The number of rotatable bonds is 2. The number of hydrogen-bond acceptors (Lipinski definition) is 4. The fourth-order valence-electron chi connectivity index (χ4n) is 1.28. The second kappa shape index (κ2) is 4.56. The fourth-order valence-corrected chi connectivity index (χ4v) is 1.28. The molecule has 3 N–H and O–H groups in total. The Morgan fingerprint density at radius 1 is 1.35 bits per heavy atom. The number of nitrogens with one attached hydrogen (secondary N) is 1. The van der Waals surface area contributed by atoms with Crippen molar-refractivity contribution in [2.24, 2.45) is 0 Å². The van der Waals surface area contributed by atoms with E-state index in [0.717, 1.165) is 6.07 Å². The van der Waals surface area contributed by atoms with E-state index in [1.165, 1.54) is 18.3 Å². The van der Waals surface area contributed by atoms with Crippen molar-refractivity contribution in [3.63, 3.8) is 0 Å². The first-order chi connectivity index (χ1) is 8.16. The molecule has 1 aromatic carbocycles. The zero-order chi connectivity index (χ0) is 12.3. The van der Waals surface area contributed by atoms with E-state index in [1.807, 2.05) is 0 Å². The second-order valence-corrected chi connectivity index (χ2v) is 3.29. The Morgan fingerprint density at radius 3 is 2.88 bits per heavy atom. The average molecular weight is 232 g/mol. The van der Waals surface area contributed by atoms with Gasteiger partial charge in [-0.2, -0.15) is 5.10 Å². The maximum absolute atomic E-state index is 13.0. The quantitative estimate of drug-likeness (QED) is 0.768. The summed E-state index contributed by atoms with van der Waals surface area (Å²) in [5.41, 5.74) is 5.85. The van der Waals surface area contributed by atoms with Gasteiger partial charge in [0.25, 0.3) is 5.91 Å². The van der Waals surface area contributed by atoms with Gasteiger partial charge in [0.15, 0.2) is 5.82 Å². The van der Waals surface area contributed by atoms with Gasteiger partial charge in [-0.1, -0.05) is 0 Å². The first kappa shape index (κ1) is 11.0. The van der Waals surface area contributed by atoms with E-state index in [-0.39, 0.29) is 17.1 Å². The number of carbonyl (C=O) groups is 1. The van der Waals surface area contributed by atoms with Crippen LogP contribution >= 0.6 is 0 Å². The molecule has 0 spiro atoms. The molecule has 0 radical (unpaired) electrons. The summed E-state index contributed by atoms with van der Waals surface area (Å²) >= 11 is 0. The van der Waals surface area contributed by atoms with Gasteiger partial charge in [0.2, 0.25) is 0 Å². The molecule has 0 aliphatic heterocycles. The van der Waals surface area contributed by atoms with Crippen LogP contribution in [0.2, 0.25) is 0 Å². The minimum absolute atomic E-state index is 0.0654. The van der Waals surface area contributed by atoms with Crippen molar-refractivity contribution in [3.8, 4) is 0 Å². The Morgan fingerprint density at radius 2 is 2.18 bits per heavy atom. The third kappa shape index (κ3) is 2.54. The first-order valence-corrected chi connectivity index (χ1v) is 4.81. The Bertz CT molecular complexity index is 544. The second-order valence-electron chi connectivity index (χ2n) is 3.29. The predicted octanol–water partition coefficient (Wildman–Crippen LogP) is 1.45. The number of aromatic nitrogens is 2. The number of anilines is 2. The molecule has 0 aliphatic carbocycles. The maximum atomic E-state index is 13.0. The lowest BCUT2D eigenvalue weighted by atomic mass is 10.1. The molecule has 0 aliphatic rings. The number of carbonyl (C=O) groups excluding carboxylic acids is 1. The van der Waals surface area contributed by atoms with Crippen LogP contribution in [0.1, 0.15) is 10.4 Å². The normalized spacial score (nSPS) is 9.94. The largest absolute Gasteiger partial charge is 0.398 e. The lowest BCUT2D eigenvalue weighted by molar-refractivity contribution is 0.102. The summed E-state index contributed by atoms with van der Waals surface area (Å²) in [6, 6.07) is 6.79. The topological polar surface area (TPSA) is 80.9 Å². The molecule has 0 unspecified atom stereocenters. The summed E-state index contributed by atoms with van der Waals surface area (Å²) in [5, 5.41) is 9.75. The highest BCUT2D eigenvalue weighted by atomic mass is 19.1. The van der Waals surface area contributed by atoms with Crippen LogP contribution in [0, 0.1) is 5.82 Å². The van der Waals surface area contributed by atoms with E-state index in [9.17, 15) is 9.18 Å². The summed E-state index contributed by atoms with van der Waals surface area (Å²) in [4.78, 5) is 11.8. The van der Waals surface area contributed by atoms with E-state index >= 15 is 0 Å². The van der Waals surface area contributed by atoms with Gasteiger partial charge in [-0.15, -0.1) is 5.10 Å². The highest BCUT2D eigenvalue weighted by molar-refractivity contribution is 6.07. The monoisotopic (exact) mass is 232 g/mol. The molecule has 1 aromatic heterocycles. The molecule has 1 amide bonds. The number of nitrogen functional groups attached to an aromatic ring is 1. The Balaban J connectivity index is 2.23. The van der Waals surface area contributed by atoms with Gasteiger partial charge in [-0.25, -0.2) is 4.39 Å². The van der Waals surface area contributed by atoms with Crippen molar-refractivity contribution in [1.29, 1.82) is 0 Å². The van der Waals surface area contributed by atoms with Crippen LogP contribution < -0.4 is 11.1 Å². The summed E-state index contributed by atoms with van der Waals surface area (Å²) < 4.78 is 13.0. The molecule has 5 nitrogen and oxygen atoms in total. The van der Waals surface area contributed by atoms with Gasteiger partial charge >= 0.3 is 0 Å². The first-order valence-electron chi connectivity index (χ1n) is 4.81. The van der Waals surface area contributed by atoms with E-state index in [1.54, 1.807) is 12.1 Å². The van der Waals surface area contributed by atoms with Crippen LogP contribution in [0.4, 0.5) is 15.9 Å². The van der Waals surface area contributed by atoms with Crippen LogP contribution in [0.5, 0.6) is 0 Å². The van der Waals surface area contributed by atoms with Crippen molar-refractivity contribution < 1.29 is 9.18 Å². The third-order valence-electron chi connectivity index (χ3n) is 2.07. The molecule has 86 valence electrons. The lowest BCUT2D eigenvalue weighted by Crippen LogP contribution is -2.15. The van der Waals surface area contributed by atoms with Gasteiger partial charge < -0.3 is 11.1 Å². The van der Waals surface area contributed by atoms with Gasteiger partial charge in [0.1, 0.15) is 5.82 Å². The summed E-state index contributed by atoms with van der Waals surface area (Å²) in [5.74, 6) is -0.771.